The molecular weight excluding hydrogens is 206 g/mol. The van der Waals surface area contributed by atoms with Gasteiger partial charge < -0.3 is 20.7 Å². The summed E-state index contributed by atoms with van der Waals surface area (Å²) in [4.78, 5) is 11.6. The summed E-state index contributed by atoms with van der Waals surface area (Å²) in [7, 11) is 0. The fraction of sp³-hybridized carbons (Fsp3) is 0.909. The average molecular weight is 229 g/mol. The van der Waals surface area contributed by atoms with E-state index in [4.69, 9.17) is 4.74 Å². The molecule has 0 aromatic heterocycles. The number of hydrogen-bond acceptors (Lipinski definition) is 4. The summed E-state index contributed by atoms with van der Waals surface area (Å²) in [5.74, 6) is 0.0614. The minimum absolute atomic E-state index is 0.0614. The third-order valence-corrected chi connectivity index (χ3v) is 2.55. The predicted molar refractivity (Wildman–Crippen MR) is 63.4 cm³/mol. The normalized spacial score (nSPS) is 20.7. The molecule has 16 heavy (non-hydrogen) atoms. The summed E-state index contributed by atoms with van der Waals surface area (Å²) in [6.45, 7) is 6.62. The first kappa shape index (κ1) is 13.4. The van der Waals surface area contributed by atoms with Gasteiger partial charge in [-0.15, -0.1) is 0 Å². The lowest BCUT2D eigenvalue weighted by Gasteiger charge is -2.23. The van der Waals surface area contributed by atoms with Gasteiger partial charge in [-0.25, -0.2) is 0 Å². The predicted octanol–water partition coefficient (Wildman–Crippen LogP) is -0.519. The highest BCUT2D eigenvalue weighted by atomic mass is 16.5. The SMILES string of the molecule is CCCCOCCNC(=O)C1CNCCN1. The smallest absolute Gasteiger partial charge is 0.238 e. The van der Waals surface area contributed by atoms with Crippen molar-refractivity contribution in [2.75, 3.05) is 39.4 Å². The zero-order valence-corrected chi connectivity index (χ0v) is 10.1. The molecule has 3 N–H and O–H groups in total. The van der Waals surface area contributed by atoms with Crippen LogP contribution in [0, 0.1) is 0 Å². The quantitative estimate of drug-likeness (QED) is 0.514. The molecule has 1 atom stereocenters. The van der Waals surface area contributed by atoms with Crippen LogP contribution in [0.3, 0.4) is 0 Å². The van der Waals surface area contributed by atoms with E-state index in [0.29, 0.717) is 19.7 Å². The van der Waals surface area contributed by atoms with E-state index >= 15 is 0 Å². The van der Waals surface area contributed by atoms with E-state index < -0.39 is 0 Å². The highest BCUT2D eigenvalue weighted by Crippen LogP contribution is 1.88. The van der Waals surface area contributed by atoms with Crippen molar-refractivity contribution >= 4 is 5.91 Å². The van der Waals surface area contributed by atoms with Crippen LogP contribution in [0.2, 0.25) is 0 Å². The van der Waals surface area contributed by atoms with Gasteiger partial charge in [-0.3, -0.25) is 4.79 Å². The molecule has 0 aromatic carbocycles. The monoisotopic (exact) mass is 229 g/mol. The van der Waals surface area contributed by atoms with E-state index in [1.807, 2.05) is 0 Å². The molecule has 94 valence electrons. The van der Waals surface area contributed by atoms with E-state index in [0.717, 1.165) is 32.5 Å². The van der Waals surface area contributed by atoms with Gasteiger partial charge in [0.2, 0.25) is 5.91 Å². The minimum atomic E-state index is -0.0932. The van der Waals surface area contributed by atoms with Crippen LogP contribution >= 0.6 is 0 Å². The van der Waals surface area contributed by atoms with Crippen molar-refractivity contribution in [1.29, 1.82) is 0 Å². The van der Waals surface area contributed by atoms with Crippen molar-refractivity contribution in [2.45, 2.75) is 25.8 Å². The second kappa shape index (κ2) is 8.50. The van der Waals surface area contributed by atoms with E-state index in [-0.39, 0.29) is 11.9 Å². The zero-order valence-electron chi connectivity index (χ0n) is 10.1. The van der Waals surface area contributed by atoms with Crippen molar-refractivity contribution in [3.05, 3.63) is 0 Å². The lowest BCUT2D eigenvalue weighted by atomic mass is 10.2. The molecule has 1 aliphatic heterocycles. The number of carbonyl (C=O) groups excluding carboxylic acids is 1. The maximum atomic E-state index is 11.6. The molecule has 1 amide bonds. The van der Waals surface area contributed by atoms with Gasteiger partial charge in [-0.2, -0.15) is 0 Å². The van der Waals surface area contributed by atoms with Crippen LogP contribution in [0.5, 0.6) is 0 Å². The molecule has 1 saturated heterocycles. The standard InChI is InChI=1S/C11H23N3O2/c1-2-3-7-16-8-6-14-11(15)10-9-12-4-5-13-10/h10,12-13H,2-9H2,1H3,(H,14,15). The van der Waals surface area contributed by atoms with Crippen LogP contribution in [0.15, 0.2) is 0 Å². The molecule has 1 aliphatic rings. The number of carbonyl (C=O) groups is 1. The Balaban J connectivity index is 1.97. The van der Waals surface area contributed by atoms with Gasteiger partial charge in [0.05, 0.1) is 12.6 Å². The van der Waals surface area contributed by atoms with Gasteiger partial charge in [0, 0.05) is 32.8 Å². The fourth-order valence-corrected chi connectivity index (χ4v) is 1.56. The number of ether oxygens (including phenoxy) is 1. The first-order valence-corrected chi connectivity index (χ1v) is 6.14. The first-order chi connectivity index (χ1) is 7.84. The molecule has 0 bridgehead atoms. The minimum Gasteiger partial charge on any atom is -0.380 e. The van der Waals surface area contributed by atoms with E-state index in [1.54, 1.807) is 0 Å². The van der Waals surface area contributed by atoms with Crippen molar-refractivity contribution in [3.8, 4) is 0 Å². The number of unbranched alkanes of at least 4 members (excludes halogenated alkanes) is 1. The summed E-state index contributed by atoms with van der Waals surface area (Å²) in [5, 5.41) is 9.21. The van der Waals surface area contributed by atoms with Crippen LogP contribution in [0.4, 0.5) is 0 Å². The number of amides is 1. The highest BCUT2D eigenvalue weighted by molar-refractivity contribution is 5.82. The molecule has 0 aromatic rings. The Morgan fingerprint density at radius 1 is 1.44 bits per heavy atom. The van der Waals surface area contributed by atoms with Crippen molar-refractivity contribution < 1.29 is 9.53 Å². The molecule has 0 spiro atoms. The third-order valence-electron chi connectivity index (χ3n) is 2.55. The van der Waals surface area contributed by atoms with Crippen LogP contribution in [0.25, 0.3) is 0 Å². The molecule has 0 radical (unpaired) electrons. The van der Waals surface area contributed by atoms with Gasteiger partial charge in [0.1, 0.15) is 0 Å². The topological polar surface area (TPSA) is 62.4 Å². The summed E-state index contributed by atoms with van der Waals surface area (Å²) in [6.07, 6.45) is 2.23. The Morgan fingerprint density at radius 2 is 2.31 bits per heavy atom. The molecular formula is C11H23N3O2. The van der Waals surface area contributed by atoms with E-state index in [1.165, 1.54) is 0 Å². The molecule has 5 nitrogen and oxygen atoms in total. The summed E-state index contributed by atoms with van der Waals surface area (Å²) < 4.78 is 5.36. The van der Waals surface area contributed by atoms with Gasteiger partial charge >= 0.3 is 0 Å². The van der Waals surface area contributed by atoms with Gasteiger partial charge in [0.15, 0.2) is 0 Å². The van der Waals surface area contributed by atoms with Crippen LogP contribution in [-0.2, 0) is 9.53 Å². The molecule has 1 heterocycles. The lowest BCUT2D eigenvalue weighted by molar-refractivity contribution is -0.123. The summed E-state index contributed by atoms with van der Waals surface area (Å²) in [6, 6.07) is -0.0932. The highest BCUT2D eigenvalue weighted by Gasteiger charge is 2.19. The maximum Gasteiger partial charge on any atom is 0.238 e. The fourth-order valence-electron chi connectivity index (χ4n) is 1.56. The summed E-state index contributed by atoms with van der Waals surface area (Å²) >= 11 is 0. The van der Waals surface area contributed by atoms with Crippen molar-refractivity contribution in [1.82, 2.24) is 16.0 Å². The zero-order chi connectivity index (χ0) is 11.6. The third kappa shape index (κ3) is 5.44. The molecule has 0 aliphatic carbocycles. The Hall–Kier alpha value is -0.650. The Morgan fingerprint density at radius 3 is 3.00 bits per heavy atom. The maximum absolute atomic E-state index is 11.6. The van der Waals surface area contributed by atoms with Crippen LogP contribution in [-0.4, -0.2) is 51.3 Å². The largest absolute Gasteiger partial charge is 0.380 e. The van der Waals surface area contributed by atoms with Crippen LogP contribution in [0.1, 0.15) is 19.8 Å². The first-order valence-electron chi connectivity index (χ1n) is 6.14. The lowest BCUT2D eigenvalue weighted by Crippen LogP contribution is -2.56. The van der Waals surface area contributed by atoms with Crippen molar-refractivity contribution in [3.63, 3.8) is 0 Å². The molecule has 1 fully saturated rings. The van der Waals surface area contributed by atoms with Crippen molar-refractivity contribution in [2.24, 2.45) is 0 Å². The van der Waals surface area contributed by atoms with Crippen LogP contribution < -0.4 is 16.0 Å². The molecule has 0 saturated carbocycles. The molecule has 1 unspecified atom stereocenters. The Kier molecular flexibility index (Phi) is 7.12. The van der Waals surface area contributed by atoms with E-state index in [9.17, 15) is 4.79 Å². The van der Waals surface area contributed by atoms with Gasteiger partial charge in [-0.1, -0.05) is 13.3 Å². The average Bonchev–Trinajstić information content (AvgIpc) is 2.34. The second-order valence-electron chi connectivity index (χ2n) is 3.97. The Labute approximate surface area is 97.3 Å². The Bertz CT molecular complexity index is 194. The second-order valence-corrected chi connectivity index (χ2v) is 3.97. The number of nitrogens with one attached hydrogen (secondary N) is 3. The summed E-state index contributed by atoms with van der Waals surface area (Å²) in [5.41, 5.74) is 0. The van der Waals surface area contributed by atoms with E-state index in [2.05, 4.69) is 22.9 Å². The van der Waals surface area contributed by atoms with Gasteiger partial charge in [0.25, 0.3) is 0 Å². The number of piperazine rings is 1. The molecule has 1 rings (SSSR count). The number of rotatable bonds is 7. The van der Waals surface area contributed by atoms with Gasteiger partial charge in [-0.05, 0) is 6.42 Å². The number of hydrogen-bond donors (Lipinski definition) is 3. The molecule has 5 heteroatoms.